The Morgan fingerprint density at radius 2 is 2.20 bits per heavy atom. The maximum Gasteiger partial charge on any atom is 0.130 e. The van der Waals surface area contributed by atoms with Crippen molar-refractivity contribution in [3.8, 4) is 0 Å². The monoisotopic (exact) mass is 272 g/mol. The zero-order valence-electron chi connectivity index (χ0n) is 8.89. The summed E-state index contributed by atoms with van der Waals surface area (Å²) in [6.45, 7) is 3.58. The molecule has 0 bridgehead atoms. The molecule has 0 aliphatic rings. The highest BCUT2D eigenvalue weighted by molar-refractivity contribution is 9.10. The second-order valence-corrected chi connectivity index (χ2v) is 4.81. The molecule has 0 aliphatic carbocycles. The molecule has 15 heavy (non-hydrogen) atoms. The van der Waals surface area contributed by atoms with Crippen molar-refractivity contribution in [3.63, 3.8) is 0 Å². The highest BCUT2D eigenvalue weighted by Gasteiger charge is 2.09. The van der Waals surface area contributed by atoms with Crippen LogP contribution in [0.5, 0.6) is 0 Å². The fraction of sp³-hybridized carbons (Fsp3) is 0.417. The number of Topliss-reactive ketones (excluding diaryl/α,β-unsaturated/α-hetero) is 1. The van der Waals surface area contributed by atoms with E-state index in [1.807, 2.05) is 6.92 Å². The van der Waals surface area contributed by atoms with E-state index >= 15 is 0 Å². The molecule has 0 amide bonds. The maximum atomic E-state index is 13.0. The number of carbonyl (C=O) groups is 1. The Kier molecular flexibility index (Phi) is 4.45. The van der Waals surface area contributed by atoms with Crippen LogP contribution in [-0.2, 0) is 11.2 Å². The van der Waals surface area contributed by atoms with Gasteiger partial charge in [-0.3, -0.25) is 0 Å². The minimum atomic E-state index is -0.233. The van der Waals surface area contributed by atoms with E-state index in [9.17, 15) is 9.18 Å². The summed E-state index contributed by atoms with van der Waals surface area (Å²) in [5.41, 5.74) is 0.920. The van der Waals surface area contributed by atoms with Gasteiger partial charge in [0.2, 0.25) is 0 Å². The van der Waals surface area contributed by atoms with Crippen LogP contribution in [0.2, 0.25) is 0 Å². The average Bonchev–Trinajstić information content (AvgIpc) is 2.10. The van der Waals surface area contributed by atoms with E-state index in [4.69, 9.17) is 0 Å². The molecule has 0 saturated heterocycles. The van der Waals surface area contributed by atoms with Crippen LogP contribution < -0.4 is 0 Å². The molecule has 82 valence electrons. The molecule has 1 atom stereocenters. The van der Waals surface area contributed by atoms with Crippen LogP contribution in [0.25, 0.3) is 0 Å². The van der Waals surface area contributed by atoms with Gasteiger partial charge >= 0.3 is 0 Å². The number of hydrogen-bond donors (Lipinski definition) is 0. The Bertz CT molecular complexity index is 363. The van der Waals surface area contributed by atoms with Crippen LogP contribution in [0.4, 0.5) is 4.39 Å². The number of halogens is 2. The van der Waals surface area contributed by atoms with Crippen LogP contribution in [-0.4, -0.2) is 5.78 Å². The van der Waals surface area contributed by atoms with Gasteiger partial charge in [-0.15, -0.1) is 0 Å². The maximum absolute atomic E-state index is 13.0. The van der Waals surface area contributed by atoms with Crippen molar-refractivity contribution in [1.82, 2.24) is 0 Å². The van der Waals surface area contributed by atoms with Crippen LogP contribution in [0, 0.1) is 11.7 Å². The van der Waals surface area contributed by atoms with E-state index in [0.29, 0.717) is 6.42 Å². The molecule has 1 aromatic rings. The molecule has 0 spiro atoms. The van der Waals surface area contributed by atoms with Gasteiger partial charge < -0.3 is 4.79 Å². The predicted molar refractivity (Wildman–Crippen MR) is 62.3 cm³/mol. The van der Waals surface area contributed by atoms with E-state index in [1.165, 1.54) is 12.1 Å². The lowest BCUT2D eigenvalue weighted by molar-refractivity contribution is -0.117. The van der Waals surface area contributed by atoms with Crippen molar-refractivity contribution < 1.29 is 9.18 Å². The Labute approximate surface area is 97.8 Å². The van der Waals surface area contributed by atoms with Gasteiger partial charge in [0.15, 0.2) is 0 Å². The SMILES string of the molecule is CC(=O)CC(C)Cc1cc(F)ccc1Br. The minimum Gasteiger partial charge on any atom is -0.300 e. The fourth-order valence-corrected chi connectivity index (χ4v) is 2.05. The van der Waals surface area contributed by atoms with Crippen molar-refractivity contribution in [3.05, 3.63) is 34.1 Å². The Hall–Kier alpha value is -0.700. The normalized spacial score (nSPS) is 12.5. The lowest BCUT2D eigenvalue weighted by Gasteiger charge is -2.10. The quantitative estimate of drug-likeness (QED) is 0.816. The van der Waals surface area contributed by atoms with Crippen LogP contribution >= 0.6 is 15.9 Å². The van der Waals surface area contributed by atoms with Gasteiger partial charge in [-0.05, 0) is 43.0 Å². The van der Waals surface area contributed by atoms with Crippen molar-refractivity contribution in [1.29, 1.82) is 0 Å². The number of ketones is 1. The van der Waals surface area contributed by atoms with Crippen LogP contribution in [0.1, 0.15) is 25.8 Å². The van der Waals surface area contributed by atoms with Crippen LogP contribution in [0.3, 0.4) is 0 Å². The fourth-order valence-electron chi connectivity index (χ4n) is 1.64. The van der Waals surface area contributed by atoms with Gasteiger partial charge in [0.05, 0.1) is 0 Å². The molecular formula is C12H14BrFO. The summed E-state index contributed by atoms with van der Waals surface area (Å²) in [6, 6.07) is 4.63. The van der Waals surface area contributed by atoms with Gasteiger partial charge in [-0.2, -0.15) is 0 Å². The summed E-state index contributed by atoms with van der Waals surface area (Å²) in [5.74, 6) is 0.193. The molecule has 1 rings (SSSR count). The number of carbonyl (C=O) groups excluding carboxylic acids is 1. The highest BCUT2D eigenvalue weighted by Crippen LogP contribution is 2.22. The summed E-state index contributed by atoms with van der Waals surface area (Å²) < 4.78 is 13.9. The first kappa shape index (κ1) is 12.4. The lowest BCUT2D eigenvalue weighted by Crippen LogP contribution is -2.05. The zero-order valence-corrected chi connectivity index (χ0v) is 10.5. The van der Waals surface area contributed by atoms with Gasteiger partial charge in [0, 0.05) is 10.9 Å². The molecule has 0 aliphatic heterocycles. The van der Waals surface area contributed by atoms with Gasteiger partial charge in [0.25, 0.3) is 0 Å². The zero-order chi connectivity index (χ0) is 11.4. The molecule has 1 aromatic carbocycles. The van der Waals surface area contributed by atoms with E-state index in [0.717, 1.165) is 16.5 Å². The highest BCUT2D eigenvalue weighted by atomic mass is 79.9. The molecule has 1 nitrogen and oxygen atoms in total. The summed E-state index contributed by atoms with van der Waals surface area (Å²) in [4.78, 5) is 10.9. The first-order valence-corrected chi connectivity index (χ1v) is 5.71. The Morgan fingerprint density at radius 1 is 1.53 bits per heavy atom. The van der Waals surface area contributed by atoms with E-state index in [2.05, 4.69) is 15.9 Å². The molecule has 0 N–H and O–H groups in total. The lowest BCUT2D eigenvalue weighted by atomic mass is 9.96. The molecule has 0 heterocycles. The van der Waals surface area contributed by atoms with Crippen molar-refractivity contribution in [2.45, 2.75) is 26.7 Å². The molecule has 1 unspecified atom stereocenters. The third-order valence-electron chi connectivity index (χ3n) is 2.21. The number of rotatable bonds is 4. The third-order valence-corrected chi connectivity index (χ3v) is 2.99. The van der Waals surface area contributed by atoms with Crippen molar-refractivity contribution >= 4 is 21.7 Å². The smallest absolute Gasteiger partial charge is 0.130 e. The molecular weight excluding hydrogens is 259 g/mol. The first-order valence-electron chi connectivity index (χ1n) is 4.92. The van der Waals surface area contributed by atoms with Crippen molar-refractivity contribution in [2.24, 2.45) is 5.92 Å². The second kappa shape index (κ2) is 5.40. The van der Waals surface area contributed by atoms with E-state index in [1.54, 1.807) is 13.0 Å². The van der Waals surface area contributed by atoms with Crippen LogP contribution in [0.15, 0.2) is 22.7 Å². The molecule has 0 saturated carbocycles. The average molecular weight is 273 g/mol. The molecule has 0 fully saturated rings. The standard InChI is InChI=1S/C12H14BrFO/c1-8(5-9(2)15)6-10-7-11(14)3-4-12(10)13/h3-4,7-8H,5-6H2,1-2H3. The second-order valence-electron chi connectivity index (χ2n) is 3.95. The van der Waals surface area contributed by atoms with E-state index < -0.39 is 0 Å². The summed E-state index contributed by atoms with van der Waals surface area (Å²) in [6.07, 6.45) is 1.26. The minimum absolute atomic E-state index is 0.176. The topological polar surface area (TPSA) is 17.1 Å². The van der Waals surface area contributed by atoms with Gasteiger partial charge in [-0.25, -0.2) is 4.39 Å². The first-order chi connectivity index (χ1) is 6.99. The summed E-state index contributed by atoms with van der Waals surface area (Å²) >= 11 is 3.37. The third kappa shape index (κ3) is 4.12. The largest absolute Gasteiger partial charge is 0.300 e. The van der Waals surface area contributed by atoms with Gasteiger partial charge in [-0.1, -0.05) is 22.9 Å². The summed E-state index contributed by atoms with van der Waals surface area (Å²) in [5, 5.41) is 0. The Morgan fingerprint density at radius 3 is 2.80 bits per heavy atom. The molecule has 3 heteroatoms. The van der Waals surface area contributed by atoms with Gasteiger partial charge in [0.1, 0.15) is 11.6 Å². The molecule has 0 radical (unpaired) electrons. The predicted octanol–water partition coefficient (Wildman–Crippen LogP) is 3.75. The number of benzene rings is 1. The molecule has 0 aromatic heterocycles. The Balaban J connectivity index is 2.71. The summed E-state index contributed by atoms with van der Waals surface area (Å²) in [7, 11) is 0. The van der Waals surface area contributed by atoms with E-state index in [-0.39, 0.29) is 17.5 Å². The number of hydrogen-bond acceptors (Lipinski definition) is 1. The van der Waals surface area contributed by atoms with Crippen molar-refractivity contribution in [2.75, 3.05) is 0 Å².